The highest BCUT2D eigenvalue weighted by atomic mass is 16.4. The van der Waals surface area contributed by atoms with Crippen LogP contribution in [-0.2, 0) is 22.7 Å². The summed E-state index contributed by atoms with van der Waals surface area (Å²) in [6.07, 6.45) is 10.0. The van der Waals surface area contributed by atoms with E-state index in [4.69, 9.17) is 16.6 Å². The van der Waals surface area contributed by atoms with E-state index in [2.05, 4.69) is 0 Å². The van der Waals surface area contributed by atoms with E-state index >= 15 is 0 Å². The van der Waals surface area contributed by atoms with Gasteiger partial charge in [-0.25, -0.2) is 9.13 Å². The van der Waals surface area contributed by atoms with Crippen molar-refractivity contribution in [1.82, 2.24) is 4.57 Å². The minimum Gasteiger partial charge on any atom is -0.548 e. The molecule has 0 radical (unpaired) electrons. The molecule has 1 aromatic heterocycles. The number of nitrogens with zero attached hydrogens (tertiary/aromatic N) is 2. The summed E-state index contributed by atoms with van der Waals surface area (Å²) >= 11 is 0. The Morgan fingerprint density at radius 2 is 1.78 bits per heavy atom. The number of nitrogens with two attached hydrogens (primary N) is 2. The molecule has 1 aromatic rings. The Bertz CT molecular complexity index is 461. The number of unbranched alkanes of at least 4 members (excludes halogenated alkanes) is 2. The van der Waals surface area contributed by atoms with Gasteiger partial charge in [-0.2, -0.15) is 0 Å². The van der Waals surface area contributed by atoms with Crippen molar-refractivity contribution >= 4 is 11.9 Å². The minimum atomic E-state index is -1.20. The third kappa shape index (κ3) is 7.75. The molecule has 0 aliphatic carbocycles. The maximum Gasteiger partial charge on any atom is 0.320 e. The Hall–Kier alpha value is -1.93. The molecule has 8 heteroatoms. The van der Waals surface area contributed by atoms with Crippen LogP contribution in [0.25, 0.3) is 0 Å². The van der Waals surface area contributed by atoms with Crippen molar-refractivity contribution in [3.63, 3.8) is 0 Å². The molecule has 0 aliphatic rings. The van der Waals surface area contributed by atoms with E-state index < -0.39 is 24.0 Å². The van der Waals surface area contributed by atoms with Gasteiger partial charge in [-0.3, -0.25) is 4.79 Å². The van der Waals surface area contributed by atoms with Gasteiger partial charge in [0.25, 0.3) is 0 Å². The zero-order chi connectivity index (χ0) is 17.2. The topological polar surface area (TPSA) is 138 Å². The number of carboxylic acid groups (broad SMARTS) is 2. The molecule has 0 spiro atoms. The van der Waals surface area contributed by atoms with Crippen LogP contribution in [0.3, 0.4) is 0 Å². The molecule has 0 saturated heterocycles. The smallest absolute Gasteiger partial charge is 0.320 e. The van der Waals surface area contributed by atoms with Gasteiger partial charge in [0, 0.05) is 6.04 Å². The van der Waals surface area contributed by atoms with Crippen LogP contribution in [0.5, 0.6) is 0 Å². The van der Waals surface area contributed by atoms with E-state index in [0.29, 0.717) is 12.8 Å². The van der Waals surface area contributed by atoms with Crippen LogP contribution in [0.4, 0.5) is 0 Å². The lowest BCUT2D eigenvalue weighted by Gasteiger charge is -2.11. The van der Waals surface area contributed by atoms with Crippen LogP contribution in [0.2, 0.25) is 0 Å². The molecular formula is C15H26N4O4. The molecule has 1 heterocycles. The summed E-state index contributed by atoms with van der Waals surface area (Å²) in [6, 6.07) is -1.67. The van der Waals surface area contributed by atoms with Gasteiger partial charge in [0.05, 0.1) is 19.1 Å². The second kappa shape index (κ2) is 9.96. The van der Waals surface area contributed by atoms with Gasteiger partial charge >= 0.3 is 5.97 Å². The molecule has 0 bridgehead atoms. The number of rotatable bonds is 12. The number of carbonyl (C=O) groups is 2. The third-order valence-corrected chi connectivity index (χ3v) is 3.73. The van der Waals surface area contributed by atoms with Crippen LogP contribution in [0, 0.1) is 0 Å². The van der Waals surface area contributed by atoms with Crippen molar-refractivity contribution in [1.29, 1.82) is 0 Å². The summed E-state index contributed by atoms with van der Waals surface area (Å²) in [4.78, 5) is 21.1. The summed E-state index contributed by atoms with van der Waals surface area (Å²) in [5.74, 6) is -2.16. The zero-order valence-corrected chi connectivity index (χ0v) is 13.3. The lowest BCUT2D eigenvalue weighted by atomic mass is 10.1. The van der Waals surface area contributed by atoms with Crippen LogP contribution in [-0.4, -0.2) is 33.7 Å². The fourth-order valence-corrected chi connectivity index (χ4v) is 2.26. The summed E-state index contributed by atoms with van der Waals surface area (Å²) in [7, 11) is 0. The Balaban J connectivity index is 2.17. The largest absolute Gasteiger partial charge is 0.548 e. The average Bonchev–Trinajstić information content (AvgIpc) is 2.95. The maximum atomic E-state index is 10.6. The number of aryl methyl sites for hydroxylation is 2. The summed E-state index contributed by atoms with van der Waals surface area (Å²) in [5, 5.41) is 19.2. The molecular weight excluding hydrogens is 302 g/mol. The molecule has 5 N–H and O–H groups in total. The van der Waals surface area contributed by atoms with Crippen LogP contribution in [0.15, 0.2) is 18.7 Å². The normalized spacial score (nSPS) is 13.7. The summed E-state index contributed by atoms with van der Waals surface area (Å²) in [6.45, 7) is 1.62. The van der Waals surface area contributed by atoms with Crippen molar-refractivity contribution in [3.8, 4) is 0 Å². The lowest BCUT2D eigenvalue weighted by Crippen LogP contribution is -2.41. The molecule has 0 aliphatic heterocycles. The van der Waals surface area contributed by atoms with E-state index in [1.165, 1.54) is 0 Å². The number of imidazole rings is 1. The molecule has 0 aromatic carbocycles. The van der Waals surface area contributed by atoms with Crippen LogP contribution in [0.1, 0.15) is 38.5 Å². The van der Waals surface area contributed by atoms with E-state index in [1.54, 1.807) is 0 Å². The first-order valence-electron chi connectivity index (χ1n) is 7.90. The Kier molecular flexibility index (Phi) is 8.28. The fraction of sp³-hybridized carbons (Fsp3) is 0.667. The molecule has 1 rings (SSSR count). The summed E-state index contributed by atoms with van der Waals surface area (Å²) < 4.78 is 4.08. The Labute approximate surface area is 135 Å². The number of aromatic nitrogens is 2. The number of carboxylic acids is 2. The van der Waals surface area contributed by atoms with E-state index in [9.17, 15) is 14.7 Å². The van der Waals surface area contributed by atoms with Gasteiger partial charge in [-0.1, -0.05) is 0 Å². The monoisotopic (exact) mass is 328 g/mol. The van der Waals surface area contributed by atoms with Gasteiger partial charge in [-0.05, 0) is 38.5 Å². The second-order valence-electron chi connectivity index (χ2n) is 5.75. The van der Waals surface area contributed by atoms with Crippen molar-refractivity contribution < 1.29 is 24.4 Å². The Morgan fingerprint density at radius 1 is 1.13 bits per heavy atom. The molecule has 8 nitrogen and oxygen atoms in total. The third-order valence-electron chi connectivity index (χ3n) is 3.73. The zero-order valence-electron chi connectivity index (χ0n) is 13.3. The summed E-state index contributed by atoms with van der Waals surface area (Å²) in [5.41, 5.74) is 10.8. The van der Waals surface area contributed by atoms with Gasteiger partial charge in [0.2, 0.25) is 6.33 Å². The van der Waals surface area contributed by atoms with Crippen molar-refractivity contribution in [2.75, 3.05) is 0 Å². The lowest BCUT2D eigenvalue weighted by molar-refractivity contribution is -0.696. The van der Waals surface area contributed by atoms with Crippen molar-refractivity contribution in [2.24, 2.45) is 11.5 Å². The second-order valence-corrected chi connectivity index (χ2v) is 5.75. The highest BCUT2D eigenvalue weighted by Crippen LogP contribution is 2.02. The van der Waals surface area contributed by atoms with Crippen molar-refractivity contribution in [2.45, 2.75) is 63.7 Å². The van der Waals surface area contributed by atoms with Crippen LogP contribution >= 0.6 is 0 Å². The van der Waals surface area contributed by atoms with Crippen LogP contribution < -0.4 is 21.1 Å². The SMILES string of the molecule is [15NH2][C@@H](CCCC[n+]1ccn(CCCC[C@H]([15NH2])C(=O)O)c1)C(=O)[O-]. The number of carbonyl (C=O) groups excluding carboxylic acids is 1. The molecule has 0 saturated carbocycles. The number of aliphatic carboxylic acids is 2. The highest BCUT2D eigenvalue weighted by Gasteiger charge is 2.11. The maximum absolute atomic E-state index is 10.6. The van der Waals surface area contributed by atoms with Crippen molar-refractivity contribution in [3.05, 3.63) is 18.7 Å². The van der Waals surface area contributed by atoms with Gasteiger partial charge in [0.15, 0.2) is 0 Å². The first kappa shape index (κ1) is 19.1. The predicted octanol–water partition coefficient (Wildman–Crippen LogP) is -1.39. The fourth-order valence-electron chi connectivity index (χ4n) is 2.26. The van der Waals surface area contributed by atoms with Gasteiger partial charge < -0.3 is 26.5 Å². The van der Waals surface area contributed by atoms with E-state index in [-0.39, 0.29) is 0 Å². The number of hydrogen-bond donors (Lipinski definition) is 3. The first-order chi connectivity index (χ1) is 10.9. The standard InChI is InChI=1S/C15H26N4O4/c16-12(14(20)21)5-1-3-7-18-9-10-19(11-18)8-4-2-6-13(17)15(22)23/h9-13H,1-8,16-17H2,(H-,20,21,22,23)/t12-,13-/m0/s1/i16+1,17+1. The Morgan fingerprint density at radius 3 is 2.43 bits per heavy atom. The van der Waals surface area contributed by atoms with Gasteiger partial charge in [-0.15, -0.1) is 0 Å². The minimum absolute atomic E-state index is 0.424. The highest BCUT2D eigenvalue weighted by molar-refractivity contribution is 5.72. The average molecular weight is 328 g/mol. The molecule has 0 amide bonds. The molecule has 2 atom stereocenters. The quantitative estimate of drug-likeness (QED) is 0.245. The molecule has 23 heavy (non-hydrogen) atoms. The first-order valence-corrected chi connectivity index (χ1v) is 7.90. The molecule has 130 valence electrons. The van der Waals surface area contributed by atoms with E-state index in [1.807, 2.05) is 27.9 Å². The van der Waals surface area contributed by atoms with Gasteiger partial charge in [0.1, 0.15) is 18.4 Å². The number of hydrogen-bond acceptors (Lipinski definition) is 5. The predicted molar refractivity (Wildman–Crippen MR) is 80.9 cm³/mol. The van der Waals surface area contributed by atoms with E-state index in [0.717, 1.165) is 38.8 Å². The molecule has 0 unspecified atom stereocenters. The molecule has 0 fully saturated rings.